The van der Waals surface area contributed by atoms with Crippen molar-refractivity contribution in [3.05, 3.63) is 77.6 Å². The lowest BCUT2D eigenvalue weighted by atomic mass is 10.0. The van der Waals surface area contributed by atoms with Crippen LogP contribution in [0.25, 0.3) is 0 Å². The van der Waals surface area contributed by atoms with Crippen LogP contribution in [0, 0.1) is 5.41 Å². The van der Waals surface area contributed by atoms with E-state index in [1.54, 1.807) is 42.5 Å². The van der Waals surface area contributed by atoms with E-state index in [2.05, 4.69) is 10.3 Å². The third-order valence-corrected chi connectivity index (χ3v) is 5.41. The predicted molar refractivity (Wildman–Crippen MR) is 114 cm³/mol. The van der Waals surface area contributed by atoms with Crippen molar-refractivity contribution in [2.45, 2.75) is 16.3 Å². The Kier molecular flexibility index (Phi) is 6.49. The van der Waals surface area contributed by atoms with E-state index in [0.717, 1.165) is 5.56 Å². The molecule has 0 saturated heterocycles. The highest BCUT2D eigenvalue weighted by molar-refractivity contribution is 7.79. The number of hydrogen-bond donors (Lipinski definition) is 5. The normalized spacial score (nSPS) is 17.4. The zero-order valence-corrected chi connectivity index (χ0v) is 16.7. The maximum atomic E-state index is 11.1. The van der Waals surface area contributed by atoms with E-state index in [0.29, 0.717) is 34.2 Å². The number of allylic oxidation sites excluding steroid dienone is 2. The quantitative estimate of drug-likeness (QED) is 0.351. The van der Waals surface area contributed by atoms with Crippen LogP contribution in [0.5, 0.6) is 0 Å². The lowest BCUT2D eigenvalue weighted by Crippen LogP contribution is -2.22. The molecule has 1 aliphatic rings. The fourth-order valence-electron chi connectivity index (χ4n) is 2.54. The van der Waals surface area contributed by atoms with Gasteiger partial charge in [0, 0.05) is 5.69 Å². The number of nitrogens with zero attached hydrogens (tertiary/aromatic N) is 1. The van der Waals surface area contributed by atoms with E-state index in [9.17, 15) is 8.42 Å². The molecule has 2 unspecified atom stereocenters. The Morgan fingerprint density at radius 2 is 1.48 bits per heavy atom. The highest BCUT2D eigenvalue weighted by Gasteiger charge is 2.14. The molecule has 0 aliphatic heterocycles. The predicted octanol–water partition coefficient (Wildman–Crippen LogP) is 2.66. The fourth-order valence-corrected chi connectivity index (χ4v) is 3.28. The minimum absolute atomic E-state index is 0.186. The van der Waals surface area contributed by atoms with Crippen LogP contribution >= 0.6 is 0 Å². The summed E-state index contributed by atoms with van der Waals surface area (Å²) in [5.41, 5.74) is 9.02. The number of benzene rings is 2. The van der Waals surface area contributed by atoms with E-state index in [1.165, 1.54) is 18.2 Å². The number of aliphatic imine (C=N–C) groups is 1. The summed E-state index contributed by atoms with van der Waals surface area (Å²) in [6.07, 6.45) is 3.16. The second kappa shape index (κ2) is 9.05. The van der Waals surface area contributed by atoms with E-state index in [-0.39, 0.29) is 10.6 Å². The lowest BCUT2D eigenvalue weighted by Gasteiger charge is -2.16. The van der Waals surface area contributed by atoms with Crippen LogP contribution in [-0.4, -0.2) is 28.9 Å². The molecule has 8 nitrogen and oxygen atoms in total. The zero-order valence-electron chi connectivity index (χ0n) is 15.0. The first-order valence-electron chi connectivity index (χ1n) is 8.34. The average Bonchev–Trinajstić information content (AvgIpc) is 2.70. The first kappa shape index (κ1) is 20.8. The molecule has 0 amide bonds. The van der Waals surface area contributed by atoms with Gasteiger partial charge in [0.25, 0.3) is 0 Å². The average molecular weight is 431 g/mol. The SMILES string of the molecule is N=C1C=C(N)/C(=N\Cc2ccc(S(=O)O)cc2)C=C1Nc1ccc(S(=O)O)cc1. The number of nitrogens with one attached hydrogen (secondary N) is 2. The molecule has 10 heteroatoms. The summed E-state index contributed by atoms with van der Waals surface area (Å²) in [5, 5.41) is 11.2. The second-order valence-electron chi connectivity index (χ2n) is 6.06. The van der Waals surface area contributed by atoms with Crippen molar-refractivity contribution < 1.29 is 17.5 Å². The number of anilines is 1. The third kappa shape index (κ3) is 5.33. The van der Waals surface area contributed by atoms with Gasteiger partial charge in [-0.15, -0.1) is 0 Å². The van der Waals surface area contributed by atoms with Gasteiger partial charge in [-0.1, -0.05) is 12.1 Å². The molecule has 2 aromatic rings. The van der Waals surface area contributed by atoms with Crippen LogP contribution < -0.4 is 11.1 Å². The summed E-state index contributed by atoms with van der Waals surface area (Å²) in [4.78, 5) is 5.07. The number of nitrogens with two attached hydrogens (primary N) is 1. The number of hydrogen-bond acceptors (Lipinski definition) is 6. The van der Waals surface area contributed by atoms with Gasteiger partial charge in [0.15, 0.2) is 22.2 Å². The molecule has 0 heterocycles. The molecule has 0 saturated carbocycles. The Morgan fingerprint density at radius 3 is 2.03 bits per heavy atom. The number of rotatable bonds is 6. The Bertz CT molecular complexity index is 1070. The molecule has 0 spiro atoms. The van der Waals surface area contributed by atoms with Crippen molar-refractivity contribution in [1.82, 2.24) is 0 Å². The van der Waals surface area contributed by atoms with Gasteiger partial charge in [0.2, 0.25) is 0 Å². The molecular weight excluding hydrogens is 412 g/mol. The Hall–Kier alpha value is -2.92. The summed E-state index contributed by atoms with van der Waals surface area (Å²) in [6.45, 7) is 0.316. The molecule has 0 fully saturated rings. The zero-order chi connectivity index (χ0) is 21.0. The summed E-state index contributed by atoms with van der Waals surface area (Å²) in [5.74, 6) is 0. The standard InChI is InChI=1S/C19H18N4O4S2/c20-16-9-17(21)19(23-13-3-7-15(8-4-13)29(26)27)10-18(16)22-11-12-1-5-14(6-2-12)28(24)25/h1-10,21,23H,11,20H2,(H,24,25)(H,26,27)/b21-17?,22-18-. The van der Waals surface area contributed by atoms with Crippen LogP contribution in [0.2, 0.25) is 0 Å². The van der Waals surface area contributed by atoms with Gasteiger partial charge in [-0.25, -0.2) is 8.42 Å². The molecule has 2 aromatic carbocycles. The Morgan fingerprint density at radius 1 is 0.931 bits per heavy atom. The molecule has 0 radical (unpaired) electrons. The van der Waals surface area contributed by atoms with Gasteiger partial charge in [0.1, 0.15) is 0 Å². The van der Waals surface area contributed by atoms with E-state index >= 15 is 0 Å². The molecule has 6 N–H and O–H groups in total. The monoisotopic (exact) mass is 430 g/mol. The summed E-state index contributed by atoms with van der Waals surface area (Å²) in [6, 6.07) is 12.9. The molecule has 0 bridgehead atoms. The van der Waals surface area contributed by atoms with Crippen LogP contribution in [0.15, 0.2) is 86.9 Å². The lowest BCUT2D eigenvalue weighted by molar-refractivity contribution is 0.563. The molecule has 2 atom stereocenters. The van der Waals surface area contributed by atoms with Crippen molar-refractivity contribution >= 4 is 39.3 Å². The van der Waals surface area contributed by atoms with E-state index in [4.69, 9.17) is 20.2 Å². The molecule has 1 aliphatic carbocycles. The molecule has 0 aromatic heterocycles. The van der Waals surface area contributed by atoms with E-state index in [1.807, 2.05) is 0 Å². The van der Waals surface area contributed by atoms with Crippen LogP contribution in [0.1, 0.15) is 5.56 Å². The van der Waals surface area contributed by atoms with Crippen molar-refractivity contribution in [2.24, 2.45) is 10.7 Å². The van der Waals surface area contributed by atoms with Crippen molar-refractivity contribution in [1.29, 1.82) is 5.41 Å². The van der Waals surface area contributed by atoms with Crippen LogP contribution in [-0.2, 0) is 28.7 Å². The highest BCUT2D eigenvalue weighted by Crippen LogP contribution is 2.18. The molecular formula is C19H18N4O4S2. The Labute approximate surface area is 172 Å². The molecule has 29 heavy (non-hydrogen) atoms. The van der Waals surface area contributed by atoms with Gasteiger partial charge in [0.05, 0.1) is 39.2 Å². The minimum Gasteiger partial charge on any atom is -0.397 e. The van der Waals surface area contributed by atoms with Crippen molar-refractivity contribution in [3.63, 3.8) is 0 Å². The largest absolute Gasteiger partial charge is 0.397 e. The van der Waals surface area contributed by atoms with Crippen LogP contribution in [0.3, 0.4) is 0 Å². The molecule has 150 valence electrons. The third-order valence-electron chi connectivity index (χ3n) is 4.06. The summed E-state index contributed by atoms with van der Waals surface area (Å²) in [7, 11) is 0. The minimum atomic E-state index is -2.05. The van der Waals surface area contributed by atoms with Crippen LogP contribution in [0.4, 0.5) is 5.69 Å². The van der Waals surface area contributed by atoms with E-state index < -0.39 is 22.2 Å². The van der Waals surface area contributed by atoms with Gasteiger partial charge >= 0.3 is 0 Å². The second-order valence-corrected chi connectivity index (χ2v) is 8.00. The van der Waals surface area contributed by atoms with Crippen molar-refractivity contribution in [3.8, 4) is 0 Å². The fraction of sp³-hybridized carbons (Fsp3) is 0.0526. The maximum Gasteiger partial charge on any atom is 0.186 e. The highest BCUT2D eigenvalue weighted by atomic mass is 32.2. The smallest absolute Gasteiger partial charge is 0.186 e. The van der Waals surface area contributed by atoms with Gasteiger partial charge in [-0.05, 0) is 54.1 Å². The Balaban J connectivity index is 1.77. The maximum absolute atomic E-state index is 11.1. The van der Waals surface area contributed by atoms with Gasteiger partial charge in [-0.2, -0.15) is 0 Å². The van der Waals surface area contributed by atoms with Gasteiger partial charge < -0.3 is 20.2 Å². The first-order chi connectivity index (χ1) is 13.8. The first-order valence-corrected chi connectivity index (χ1v) is 10.5. The van der Waals surface area contributed by atoms with Crippen molar-refractivity contribution in [2.75, 3.05) is 5.32 Å². The van der Waals surface area contributed by atoms with Gasteiger partial charge in [-0.3, -0.25) is 10.4 Å². The molecule has 3 rings (SSSR count). The summed E-state index contributed by atoms with van der Waals surface area (Å²) < 4.78 is 40.2. The topological polar surface area (TPSA) is 149 Å². The summed E-state index contributed by atoms with van der Waals surface area (Å²) >= 11 is -4.07.